The molecule has 0 spiro atoms. The van der Waals surface area contributed by atoms with Gasteiger partial charge in [0.05, 0.1) is 0 Å². The van der Waals surface area contributed by atoms with Gasteiger partial charge in [0.2, 0.25) is 0 Å². The maximum absolute atomic E-state index is 3.49. The third-order valence-corrected chi connectivity index (χ3v) is 3.93. The molecule has 0 amide bonds. The normalized spacial score (nSPS) is 11.0. The number of hydrogen-bond donors (Lipinski definition) is 1. The van der Waals surface area contributed by atoms with Crippen LogP contribution in [0.15, 0.2) is 60.7 Å². The third kappa shape index (κ3) is 5.35. The molecule has 0 bridgehead atoms. The molecule has 0 saturated carbocycles. The van der Waals surface area contributed by atoms with Gasteiger partial charge in [0, 0.05) is 5.92 Å². The van der Waals surface area contributed by atoms with Crippen LogP contribution in [0, 0.1) is 0 Å². The highest BCUT2D eigenvalue weighted by Crippen LogP contribution is 2.29. The zero-order valence-electron chi connectivity index (χ0n) is 13.1. The average molecular weight is 281 g/mol. The van der Waals surface area contributed by atoms with Crippen molar-refractivity contribution in [2.45, 2.75) is 38.5 Å². The Morgan fingerprint density at radius 1 is 0.762 bits per heavy atom. The van der Waals surface area contributed by atoms with Gasteiger partial charge in [0.25, 0.3) is 0 Å². The van der Waals surface area contributed by atoms with Crippen molar-refractivity contribution in [2.24, 2.45) is 0 Å². The summed E-state index contributed by atoms with van der Waals surface area (Å²) < 4.78 is 0. The fraction of sp³-hybridized carbons (Fsp3) is 0.400. The maximum Gasteiger partial charge on any atom is 0.00893 e. The Labute approximate surface area is 129 Å². The fourth-order valence-corrected chi connectivity index (χ4v) is 2.80. The van der Waals surface area contributed by atoms with E-state index in [0.29, 0.717) is 5.92 Å². The first kappa shape index (κ1) is 15.8. The smallest absolute Gasteiger partial charge is 0.00893 e. The highest BCUT2D eigenvalue weighted by atomic mass is 14.8. The van der Waals surface area contributed by atoms with Gasteiger partial charge in [-0.05, 0) is 43.5 Å². The number of rotatable bonds is 9. The second kappa shape index (κ2) is 9.36. The summed E-state index contributed by atoms with van der Waals surface area (Å²) in [6.45, 7) is 4.50. The van der Waals surface area contributed by atoms with Gasteiger partial charge < -0.3 is 5.32 Å². The van der Waals surface area contributed by atoms with Gasteiger partial charge >= 0.3 is 0 Å². The van der Waals surface area contributed by atoms with Gasteiger partial charge in [-0.2, -0.15) is 0 Å². The standard InChI is InChI=1S/C20H27N/c1-2-16-21-17-10-9-15-20(18-11-5-3-6-12-18)19-13-7-4-8-14-19/h3-8,11-14,20-21H,2,9-10,15-17H2,1H3. The van der Waals surface area contributed by atoms with E-state index in [0.717, 1.165) is 13.1 Å². The fourth-order valence-electron chi connectivity index (χ4n) is 2.80. The van der Waals surface area contributed by atoms with Gasteiger partial charge in [0.15, 0.2) is 0 Å². The monoisotopic (exact) mass is 281 g/mol. The highest BCUT2D eigenvalue weighted by molar-refractivity contribution is 5.32. The molecule has 1 heteroatoms. The number of nitrogens with one attached hydrogen (secondary N) is 1. The predicted octanol–water partition coefficient (Wildman–Crippen LogP) is 4.99. The summed E-state index contributed by atoms with van der Waals surface area (Å²) in [5, 5.41) is 3.49. The van der Waals surface area contributed by atoms with Crippen LogP contribution in [0.2, 0.25) is 0 Å². The Hall–Kier alpha value is -1.60. The molecule has 0 heterocycles. The Kier molecular flexibility index (Phi) is 7.03. The molecule has 0 aliphatic carbocycles. The van der Waals surface area contributed by atoms with E-state index in [-0.39, 0.29) is 0 Å². The summed E-state index contributed by atoms with van der Waals surface area (Å²) in [5.41, 5.74) is 2.87. The molecule has 0 fully saturated rings. The average Bonchev–Trinajstić information content (AvgIpc) is 2.56. The van der Waals surface area contributed by atoms with Crippen molar-refractivity contribution >= 4 is 0 Å². The topological polar surface area (TPSA) is 12.0 Å². The van der Waals surface area contributed by atoms with Crippen LogP contribution in [-0.2, 0) is 0 Å². The zero-order valence-corrected chi connectivity index (χ0v) is 13.1. The Bertz CT molecular complexity index is 438. The first-order chi connectivity index (χ1) is 10.4. The lowest BCUT2D eigenvalue weighted by molar-refractivity contribution is 0.577. The first-order valence-corrected chi connectivity index (χ1v) is 8.22. The molecule has 2 rings (SSSR count). The lowest BCUT2D eigenvalue weighted by Gasteiger charge is -2.18. The molecule has 0 aliphatic heterocycles. The number of unbranched alkanes of at least 4 members (excludes halogenated alkanes) is 1. The summed E-state index contributed by atoms with van der Waals surface area (Å²) in [6.07, 6.45) is 4.97. The van der Waals surface area contributed by atoms with Crippen LogP contribution in [0.25, 0.3) is 0 Å². The number of hydrogen-bond acceptors (Lipinski definition) is 1. The summed E-state index contributed by atoms with van der Waals surface area (Å²) in [4.78, 5) is 0. The SMILES string of the molecule is CCCNCCCCC(c1ccccc1)c1ccccc1. The lowest BCUT2D eigenvalue weighted by Crippen LogP contribution is -2.16. The molecule has 0 radical (unpaired) electrons. The quantitative estimate of drug-likeness (QED) is 0.639. The van der Waals surface area contributed by atoms with E-state index in [2.05, 4.69) is 72.9 Å². The predicted molar refractivity (Wildman–Crippen MR) is 91.7 cm³/mol. The van der Waals surface area contributed by atoms with Gasteiger partial charge in [-0.25, -0.2) is 0 Å². The van der Waals surface area contributed by atoms with Crippen molar-refractivity contribution in [3.63, 3.8) is 0 Å². The van der Waals surface area contributed by atoms with Gasteiger partial charge in [-0.15, -0.1) is 0 Å². The minimum absolute atomic E-state index is 0.526. The van der Waals surface area contributed by atoms with Crippen LogP contribution in [0.5, 0.6) is 0 Å². The van der Waals surface area contributed by atoms with Crippen molar-refractivity contribution in [2.75, 3.05) is 13.1 Å². The van der Waals surface area contributed by atoms with Crippen molar-refractivity contribution in [1.82, 2.24) is 5.32 Å². The minimum atomic E-state index is 0.526. The summed E-state index contributed by atoms with van der Waals surface area (Å²) >= 11 is 0. The lowest BCUT2D eigenvalue weighted by atomic mass is 9.87. The van der Waals surface area contributed by atoms with Crippen LogP contribution in [0.4, 0.5) is 0 Å². The van der Waals surface area contributed by atoms with Crippen molar-refractivity contribution in [3.05, 3.63) is 71.8 Å². The van der Waals surface area contributed by atoms with E-state index >= 15 is 0 Å². The van der Waals surface area contributed by atoms with E-state index in [1.165, 1.54) is 36.8 Å². The maximum atomic E-state index is 3.49. The van der Waals surface area contributed by atoms with E-state index < -0.39 is 0 Å². The zero-order chi connectivity index (χ0) is 14.8. The number of benzene rings is 2. The summed E-state index contributed by atoms with van der Waals surface area (Å²) in [5.74, 6) is 0.526. The molecule has 112 valence electrons. The van der Waals surface area contributed by atoms with E-state index in [4.69, 9.17) is 0 Å². The van der Waals surface area contributed by atoms with Crippen molar-refractivity contribution in [3.8, 4) is 0 Å². The van der Waals surface area contributed by atoms with Gasteiger partial charge in [-0.1, -0.05) is 74.0 Å². The highest BCUT2D eigenvalue weighted by Gasteiger charge is 2.12. The molecule has 2 aromatic rings. The Morgan fingerprint density at radius 2 is 1.33 bits per heavy atom. The minimum Gasteiger partial charge on any atom is -0.317 e. The molecule has 0 aliphatic rings. The molecule has 1 nitrogen and oxygen atoms in total. The van der Waals surface area contributed by atoms with E-state index in [1.807, 2.05) is 0 Å². The summed E-state index contributed by atoms with van der Waals surface area (Å²) in [7, 11) is 0. The van der Waals surface area contributed by atoms with Gasteiger partial charge in [0.1, 0.15) is 0 Å². The molecule has 0 atom stereocenters. The first-order valence-electron chi connectivity index (χ1n) is 8.22. The van der Waals surface area contributed by atoms with Crippen LogP contribution in [0.1, 0.15) is 49.7 Å². The Balaban J connectivity index is 1.94. The third-order valence-electron chi connectivity index (χ3n) is 3.93. The van der Waals surface area contributed by atoms with Gasteiger partial charge in [-0.3, -0.25) is 0 Å². The van der Waals surface area contributed by atoms with Crippen molar-refractivity contribution < 1.29 is 0 Å². The van der Waals surface area contributed by atoms with Crippen LogP contribution in [0.3, 0.4) is 0 Å². The summed E-state index contributed by atoms with van der Waals surface area (Å²) in [6, 6.07) is 21.8. The molecule has 1 N–H and O–H groups in total. The van der Waals surface area contributed by atoms with E-state index in [9.17, 15) is 0 Å². The molecule has 2 aromatic carbocycles. The molecule has 21 heavy (non-hydrogen) atoms. The largest absolute Gasteiger partial charge is 0.317 e. The van der Waals surface area contributed by atoms with E-state index in [1.54, 1.807) is 0 Å². The molecular weight excluding hydrogens is 254 g/mol. The van der Waals surface area contributed by atoms with Crippen LogP contribution >= 0.6 is 0 Å². The molecule has 0 aromatic heterocycles. The molecule has 0 saturated heterocycles. The second-order valence-electron chi connectivity index (χ2n) is 5.62. The molecular formula is C20H27N. The second-order valence-corrected chi connectivity index (χ2v) is 5.62. The molecule has 0 unspecified atom stereocenters. The van der Waals surface area contributed by atoms with Crippen LogP contribution in [-0.4, -0.2) is 13.1 Å². The Morgan fingerprint density at radius 3 is 1.86 bits per heavy atom. The van der Waals surface area contributed by atoms with Crippen LogP contribution < -0.4 is 5.32 Å². The van der Waals surface area contributed by atoms with Crippen molar-refractivity contribution in [1.29, 1.82) is 0 Å².